The normalized spacial score (nSPS) is 14.3. The van der Waals surface area contributed by atoms with Crippen LogP contribution in [0.4, 0.5) is 0 Å². The summed E-state index contributed by atoms with van der Waals surface area (Å²) >= 11 is 2.34. The molecule has 0 amide bonds. The van der Waals surface area contributed by atoms with E-state index in [1.165, 1.54) is 0 Å². The first kappa shape index (κ1) is 26.9. The zero-order valence-corrected chi connectivity index (χ0v) is 23.2. The van der Waals surface area contributed by atoms with Crippen molar-refractivity contribution < 1.29 is 14.3 Å². The number of hydrogen-bond donors (Lipinski definition) is 1. The van der Waals surface area contributed by atoms with Gasteiger partial charge in [-0.05, 0) is 75.3 Å². The second-order valence-electron chi connectivity index (χ2n) is 9.94. The molecule has 0 saturated carbocycles. The van der Waals surface area contributed by atoms with Crippen LogP contribution in [0.1, 0.15) is 61.1 Å². The summed E-state index contributed by atoms with van der Waals surface area (Å²) in [6, 6.07) is 0.321. The van der Waals surface area contributed by atoms with Crippen molar-refractivity contribution in [2.24, 2.45) is 0 Å². The highest BCUT2D eigenvalue weighted by atomic mass is 127. The molecule has 170 valence electrons. The average Bonchev–Trinajstić information content (AvgIpc) is 2.80. The van der Waals surface area contributed by atoms with Gasteiger partial charge in [-0.1, -0.05) is 20.8 Å². The molecule has 1 aromatic heterocycles. The van der Waals surface area contributed by atoms with E-state index < -0.39 is 8.32 Å². The minimum Gasteiger partial charge on any atom is -0.473 e. The molecule has 0 aliphatic heterocycles. The van der Waals surface area contributed by atoms with Crippen molar-refractivity contribution in [2.75, 3.05) is 13.2 Å². The van der Waals surface area contributed by atoms with Crippen LogP contribution in [0.2, 0.25) is 18.1 Å². The topological polar surface area (TPSA) is 59.8 Å². The van der Waals surface area contributed by atoms with Gasteiger partial charge in [0.2, 0.25) is 5.88 Å². The van der Waals surface area contributed by atoms with E-state index in [2.05, 4.69) is 75.2 Å². The van der Waals surface area contributed by atoms with Crippen molar-refractivity contribution in [3.63, 3.8) is 0 Å². The Balaban J connectivity index is 3.08. The van der Waals surface area contributed by atoms with Crippen molar-refractivity contribution in [3.05, 3.63) is 9.26 Å². The van der Waals surface area contributed by atoms with E-state index in [1.807, 2.05) is 25.5 Å². The van der Waals surface area contributed by atoms with Crippen LogP contribution in [-0.2, 0) is 17.5 Å². The molecule has 29 heavy (non-hydrogen) atoms. The Morgan fingerprint density at radius 2 is 1.76 bits per heavy atom. The van der Waals surface area contributed by atoms with Crippen LogP contribution in [0.5, 0.6) is 5.88 Å². The molecule has 1 rings (SSSR count). The molecule has 8 heteroatoms. The maximum Gasteiger partial charge on any atom is 0.246 e. The van der Waals surface area contributed by atoms with Gasteiger partial charge in [-0.2, -0.15) is 0 Å². The third-order valence-electron chi connectivity index (χ3n) is 5.47. The Bertz CT molecular complexity index is 640. The fourth-order valence-electron chi connectivity index (χ4n) is 2.68. The van der Waals surface area contributed by atoms with Crippen LogP contribution in [0.3, 0.4) is 0 Å². The molecule has 6 nitrogen and oxygen atoms in total. The Kier molecular flexibility index (Phi) is 10.1. The van der Waals surface area contributed by atoms with Crippen molar-refractivity contribution in [1.29, 1.82) is 0 Å². The van der Waals surface area contributed by atoms with Crippen LogP contribution in [-0.4, -0.2) is 59.5 Å². The number of ether oxygens (including phenoxy) is 1. The highest BCUT2D eigenvalue weighted by Gasteiger charge is 2.37. The van der Waals surface area contributed by atoms with E-state index in [-0.39, 0.29) is 17.2 Å². The van der Waals surface area contributed by atoms with Gasteiger partial charge in [0.1, 0.15) is 0 Å². The summed E-state index contributed by atoms with van der Waals surface area (Å²) in [5.41, 5.74) is 1.12. The summed E-state index contributed by atoms with van der Waals surface area (Å²) in [5.74, 6) is 0.684. The summed E-state index contributed by atoms with van der Waals surface area (Å²) in [5, 5.41) is 14.9. The highest BCUT2D eigenvalue weighted by molar-refractivity contribution is 14.1. The van der Waals surface area contributed by atoms with Gasteiger partial charge in [0.15, 0.2) is 8.32 Å². The van der Waals surface area contributed by atoms with E-state index in [1.54, 1.807) is 0 Å². The number of rotatable bonds is 11. The van der Waals surface area contributed by atoms with Crippen LogP contribution in [0.15, 0.2) is 0 Å². The third kappa shape index (κ3) is 8.12. The molecule has 1 N–H and O–H groups in total. The Hall–Kier alpha value is -0.163. The summed E-state index contributed by atoms with van der Waals surface area (Å²) < 4.78 is 15.4. The summed E-state index contributed by atoms with van der Waals surface area (Å²) in [7, 11) is -1.80. The third-order valence-corrected chi connectivity index (χ3v) is 11.1. The zero-order chi connectivity index (χ0) is 22.6. The molecule has 1 atom stereocenters. The molecule has 0 aliphatic rings. The van der Waals surface area contributed by atoms with E-state index in [4.69, 9.17) is 14.3 Å². The largest absolute Gasteiger partial charge is 0.473 e. The number of aromatic nitrogens is 2. The molecule has 0 bridgehead atoms. The van der Waals surface area contributed by atoms with Gasteiger partial charge in [-0.15, -0.1) is 5.10 Å². The molecular formula is C21H42IN3O3Si. The standard InChI is InChI=1S/C21H42IN3O3Si/c1-15(2)24(13-17(5)26)14-18-19(22)20(28-16(3)4)23-25(18)11-12-27-29(9,10)21(6,7)8/h15-17,26H,11-14H2,1-10H3. The zero-order valence-electron chi connectivity index (χ0n) is 20.0. The van der Waals surface area contributed by atoms with E-state index in [0.29, 0.717) is 31.6 Å². The first-order chi connectivity index (χ1) is 13.2. The molecule has 1 aromatic rings. The van der Waals surface area contributed by atoms with Crippen LogP contribution >= 0.6 is 22.6 Å². The SMILES string of the molecule is CC(O)CN(Cc1c(I)c(OC(C)C)nn1CCO[Si](C)(C)C(C)(C)C)C(C)C. The molecule has 0 spiro atoms. The van der Waals surface area contributed by atoms with E-state index in [9.17, 15) is 5.11 Å². The average molecular weight is 540 g/mol. The fraction of sp³-hybridized carbons (Fsp3) is 0.857. The minimum atomic E-state index is -1.80. The Labute approximate surface area is 192 Å². The maximum absolute atomic E-state index is 9.91. The number of aliphatic hydroxyl groups is 1. The lowest BCUT2D eigenvalue weighted by Crippen LogP contribution is -2.41. The van der Waals surface area contributed by atoms with Crippen molar-refractivity contribution >= 4 is 30.9 Å². The Morgan fingerprint density at radius 3 is 2.21 bits per heavy atom. The smallest absolute Gasteiger partial charge is 0.246 e. The van der Waals surface area contributed by atoms with Crippen LogP contribution < -0.4 is 4.74 Å². The van der Waals surface area contributed by atoms with Gasteiger partial charge in [0.25, 0.3) is 0 Å². The predicted octanol–water partition coefficient (Wildman–Crippen LogP) is 4.89. The molecule has 1 unspecified atom stereocenters. The van der Waals surface area contributed by atoms with Crippen molar-refractivity contribution in [1.82, 2.24) is 14.7 Å². The number of halogens is 1. The van der Waals surface area contributed by atoms with Crippen molar-refractivity contribution in [3.8, 4) is 5.88 Å². The quantitative estimate of drug-likeness (QED) is 0.321. The number of hydrogen-bond acceptors (Lipinski definition) is 5. The highest BCUT2D eigenvalue weighted by Crippen LogP contribution is 2.36. The molecule has 0 fully saturated rings. The van der Waals surface area contributed by atoms with Gasteiger partial charge in [-0.3, -0.25) is 9.58 Å². The fourth-order valence-corrected chi connectivity index (χ4v) is 4.40. The maximum atomic E-state index is 9.91. The summed E-state index contributed by atoms with van der Waals surface area (Å²) in [6.07, 6.45) is -0.304. The van der Waals surface area contributed by atoms with Gasteiger partial charge in [-0.25, -0.2) is 0 Å². The van der Waals surface area contributed by atoms with E-state index in [0.717, 1.165) is 15.8 Å². The van der Waals surface area contributed by atoms with Crippen LogP contribution in [0, 0.1) is 3.57 Å². The van der Waals surface area contributed by atoms with Crippen molar-refractivity contribution in [2.45, 2.75) is 105 Å². The monoisotopic (exact) mass is 539 g/mol. The Morgan fingerprint density at radius 1 is 1.17 bits per heavy atom. The summed E-state index contributed by atoms with van der Waals surface area (Å²) in [6.45, 7) is 24.2. The van der Waals surface area contributed by atoms with E-state index >= 15 is 0 Å². The lowest BCUT2D eigenvalue weighted by atomic mass is 10.2. The number of nitrogens with zero attached hydrogens (tertiary/aromatic N) is 3. The molecular weight excluding hydrogens is 497 g/mol. The van der Waals surface area contributed by atoms with Gasteiger partial charge in [0, 0.05) is 19.1 Å². The minimum absolute atomic E-state index is 0.0712. The lowest BCUT2D eigenvalue weighted by molar-refractivity contribution is 0.100. The molecule has 0 saturated heterocycles. The molecule has 0 aliphatic carbocycles. The van der Waals surface area contributed by atoms with Gasteiger partial charge in [0.05, 0.1) is 34.6 Å². The molecule has 1 heterocycles. The first-order valence-corrected chi connectivity index (χ1v) is 14.6. The van der Waals surface area contributed by atoms with Gasteiger partial charge >= 0.3 is 0 Å². The predicted molar refractivity (Wildman–Crippen MR) is 131 cm³/mol. The second-order valence-corrected chi connectivity index (χ2v) is 15.8. The van der Waals surface area contributed by atoms with Crippen LogP contribution in [0.25, 0.3) is 0 Å². The molecule has 0 radical (unpaired) electrons. The number of aliphatic hydroxyl groups excluding tert-OH is 1. The first-order valence-electron chi connectivity index (χ1n) is 10.6. The lowest BCUT2D eigenvalue weighted by Gasteiger charge is -2.36. The molecule has 0 aromatic carbocycles. The van der Waals surface area contributed by atoms with Gasteiger partial charge < -0.3 is 14.3 Å². The second kappa shape index (κ2) is 10.9. The summed E-state index contributed by atoms with van der Waals surface area (Å²) in [4.78, 5) is 2.27.